The summed E-state index contributed by atoms with van der Waals surface area (Å²) >= 11 is 0. The first kappa shape index (κ1) is 24.5. The van der Waals surface area contributed by atoms with E-state index in [0.29, 0.717) is 17.6 Å². The van der Waals surface area contributed by atoms with E-state index < -0.39 is 35.9 Å². The molecule has 4 rings (SSSR count). The fraction of sp³-hybridized carbons (Fsp3) is 0.480. The largest absolute Gasteiger partial charge is 0.508 e. The van der Waals surface area contributed by atoms with Gasteiger partial charge in [0, 0.05) is 24.2 Å². The zero-order chi connectivity index (χ0) is 24.7. The van der Waals surface area contributed by atoms with E-state index in [1.165, 1.54) is 19.9 Å². The Hall–Kier alpha value is -2.65. The second kappa shape index (κ2) is 8.85. The molecule has 1 atom stereocenters. The van der Waals surface area contributed by atoms with Crippen molar-refractivity contribution in [2.75, 3.05) is 13.1 Å². The Labute approximate surface area is 195 Å². The Morgan fingerprint density at radius 1 is 1.06 bits per heavy atom. The van der Waals surface area contributed by atoms with Gasteiger partial charge in [-0.3, -0.25) is 4.90 Å². The number of aromatic nitrogens is 2. The van der Waals surface area contributed by atoms with Crippen LogP contribution in [0.4, 0.5) is 17.6 Å². The van der Waals surface area contributed by atoms with E-state index in [1.54, 1.807) is 6.07 Å². The molecule has 2 aromatic heterocycles. The van der Waals surface area contributed by atoms with Crippen LogP contribution in [0.2, 0.25) is 0 Å². The van der Waals surface area contributed by atoms with Gasteiger partial charge in [0.25, 0.3) is 0 Å². The number of aromatic amines is 1. The fourth-order valence-corrected chi connectivity index (χ4v) is 4.91. The molecule has 0 saturated carbocycles. The number of hydrogen-bond acceptors (Lipinski definition) is 4. The van der Waals surface area contributed by atoms with Gasteiger partial charge in [0.15, 0.2) is 5.60 Å². The minimum Gasteiger partial charge on any atom is -0.508 e. The summed E-state index contributed by atoms with van der Waals surface area (Å²) in [4.78, 5) is 9.82. The number of aromatic hydroxyl groups is 1. The molecular weight excluding hydrogens is 450 g/mol. The molecule has 5 nitrogen and oxygen atoms in total. The topological polar surface area (TPSA) is 72.4 Å². The van der Waals surface area contributed by atoms with E-state index in [2.05, 4.69) is 14.9 Å². The van der Waals surface area contributed by atoms with Crippen LogP contribution in [-0.4, -0.2) is 49.9 Å². The summed E-state index contributed by atoms with van der Waals surface area (Å²) in [6.07, 6.45) is -4.16. The lowest BCUT2D eigenvalue weighted by Gasteiger charge is -2.38. The molecule has 3 heterocycles. The molecule has 1 aliphatic heterocycles. The van der Waals surface area contributed by atoms with Crippen molar-refractivity contribution >= 4 is 11.0 Å². The third kappa shape index (κ3) is 5.05. The number of phenolic OH excluding ortho intramolecular Hbond substituents is 1. The average molecular weight is 480 g/mol. The summed E-state index contributed by atoms with van der Waals surface area (Å²) in [5, 5.41) is 21.0. The lowest BCUT2D eigenvalue weighted by atomic mass is 9.73. The second-order valence-corrected chi connectivity index (χ2v) is 9.94. The molecule has 9 heteroatoms. The molecule has 184 valence electrons. The Bertz CT molecular complexity index is 1170. The lowest BCUT2D eigenvalue weighted by molar-refractivity contribution is -0.266. The minimum absolute atomic E-state index is 0.0000398. The third-order valence-corrected chi connectivity index (χ3v) is 6.61. The van der Waals surface area contributed by atoms with Gasteiger partial charge in [0.05, 0.1) is 16.7 Å². The van der Waals surface area contributed by atoms with Gasteiger partial charge >= 0.3 is 6.18 Å². The molecule has 0 amide bonds. The van der Waals surface area contributed by atoms with Gasteiger partial charge in [0.2, 0.25) is 0 Å². The Kier molecular flexibility index (Phi) is 6.37. The van der Waals surface area contributed by atoms with Crippen molar-refractivity contribution in [1.29, 1.82) is 0 Å². The van der Waals surface area contributed by atoms with E-state index in [1.807, 2.05) is 6.07 Å². The number of nitrogens with one attached hydrogen (secondary N) is 1. The summed E-state index contributed by atoms with van der Waals surface area (Å²) in [5.41, 5.74) is -2.32. The summed E-state index contributed by atoms with van der Waals surface area (Å²) < 4.78 is 56.2. The average Bonchev–Trinajstić information content (AvgIpc) is 3.37. The van der Waals surface area contributed by atoms with Crippen LogP contribution in [0, 0.1) is 5.82 Å². The summed E-state index contributed by atoms with van der Waals surface area (Å²) in [7, 11) is 0. The van der Waals surface area contributed by atoms with Crippen LogP contribution >= 0.6 is 0 Å². The molecule has 3 N–H and O–H groups in total. The highest BCUT2D eigenvalue weighted by Gasteiger charge is 2.56. The van der Waals surface area contributed by atoms with Gasteiger partial charge in [0.1, 0.15) is 11.6 Å². The summed E-state index contributed by atoms with van der Waals surface area (Å²) in [5.74, 6) is -1.00. The van der Waals surface area contributed by atoms with Gasteiger partial charge < -0.3 is 15.2 Å². The number of halogens is 4. The van der Waals surface area contributed by atoms with Gasteiger partial charge in [-0.1, -0.05) is 13.8 Å². The van der Waals surface area contributed by atoms with Crippen molar-refractivity contribution in [3.63, 3.8) is 0 Å². The highest BCUT2D eigenvalue weighted by molar-refractivity contribution is 5.76. The molecule has 1 fully saturated rings. The number of aliphatic hydroxyl groups is 1. The minimum atomic E-state index is -4.96. The van der Waals surface area contributed by atoms with Crippen LogP contribution in [0.3, 0.4) is 0 Å². The molecule has 0 spiro atoms. The number of phenols is 1. The van der Waals surface area contributed by atoms with E-state index in [9.17, 15) is 27.8 Å². The van der Waals surface area contributed by atoms with Crippen LogP contribution in [0.15, 0.2) is 36.4 Å². The molecular formula is C25H29F4N3O2. The Balaban J connectivity index is 1.60. The standard InChI is InChI=1S/C25H29F4N3O2/c1-23(2,19-11-16(26)5-8-22(19)33)15-24(34,25(27,28)29)13-18-12-21-20(31-18)7-6-17(30-21)14-32-9-3-4-10-32/h5-8,11-12,31,33-34H,3-4,9-10,13-15H2,1-2H3. The first-order valence-electron chi connectivity index (χ1n) is 11.3. The molecule has 0 aliphatic carbocycles. The first-order valence-corrected chi connectivity index (χ1v) is 11.3. The number of likely N-dealkylation sites (tertiary alicyclic amines) is 1. The monoisotopic (exact) mass is 479 g/mol. The van der Waals surface area contributed by atoms with Crippen molar-refractivity contribution in [2.24, 2.45) is 0 Å². The fourth-order valence-electron chi connectivity index (χ4n) is 4.91. The smallest absolute Gasteiger partial charge is 0.417 e. The quantitative estimate of drug-likeness (QED) is 0.407. The van der Waals surface area contributed by atoms with Crippen molar-refractivity contribution in [2.45, 2.75) is 63.3 Å². The van der Waals surface area contributed by atoms with Crippen LogP contribution in [-0.2, 0) is 18.4 Å². The van der Waals surface area contributed by atoms with E-state index in [-0.39, 0.29) is 17.0 Å². The van der Waals surface area contributed by atoms with Gasteiger partial charge in [-0.2, -0.15) is 13.2 Å². The molecule has 0 bridgehead atoms. The molecule has 1 aromatic carbocycles. The van der Waals surface area contributed by atoms with E-state index in [4.69, 9.17) is 0 Å². The lowest BCUT2D eigenvalue weighted by Crippen LogP contribution is -2.50. The number of fused-ring (bicyclic) bond motifs is 1. The molecule has 1 unspecified atom stereocenters. The van der Waals surface area contributed by atoms with Crippen LogP contribution in [0.1, 0.15) is 50.1 Å². The SMILES string of the molecule is CC(C)(CC(O)(Cc1cc2nc(CN3CCCC3)ccc2[nH]1)C(F)(F)F)c1cc(F)ccc1O. The zero-order valence-electron chi connectivity index (χ0n) is 19.2. The van der Waals surface area contributed by atoms with Gasteiger partial charge in [-0.05, 0) is 74.2 Å². The molecule has 34 heavy (non-hydrogen) atoms. The molecule has 0 radical (unpaired) electrons. The van der Waals surface area contributed by atoms with Gasteiger partial charge in [-0.25, -0.2) is 9.37 Å². The third-order valence-electron chi connectivity index (χ3n) is 6.61. The van der Waals surface area contributed by atoms with Crippen LogP contribution in [0.5, 0.6) is 5.75 Å². The Morgan fingerprint density at radius 2 is 1.76 bits per heavy atom. The number of benzene rings is 1. The number of nitrogens with zero attached hydrogens (tertiary/aromatic N) is 2. The zero-order valence-corrected chi connectivity index (χ0v) is 19.2. The number of hydrogen-bond donors (Lipinski definition) is 3. The van der Waals surface area contributed by atoms with Crippen molar-refractivity contribution in [1.82, 2.24) is 14.9 Å². The van der Waals surface area contributed by atoms with Crippen molar-refractivity contribution in [3.05, 3.63) is 59.2 Å². The van der Waals surface area contributed by atoms with Crippen molar-refractivity contribution in [3.8, 4) is 5.75 Å². The molecule has 3 aromatic rings. The summed E-state index contributed by atoms with van der Waals surface area (Å²) in [6.45, 7) is 5.58. The highest BCUT2D eigenvalue weighted by Crippen LogP contribution is 2.45. The predicted octanol–water partition coefficient (Wildman–Crippen LogP) is 5.21. The number of rotatable bonds is 7. The maximum absolute atomic E-state index is 14.1. The number of alkyl halides is 3. The Morgan fingerprint density at radius 3 is 2.44 bits per heavy atom. The maximum Gasteiger partial charge on any atom is 0.417 e. The predicted molar refractivity (Wildman–Crippen MR) is 121 cm³/mol. The second-order valence-electron chi connectivity index (χ2n) is 9.94. The van der Waals surface area contributed by atoms with E-state index >= 15 is 0 Å². The van der Waals surface area contributed by atoms with Gasteiger partial charge in [-0.15, -0.1) is 0 Å². The highest BCUT2D eigenvalue weighted by atomic mass is 19.4. The summed E-state index contributed by atoms with van der Waals surface area (Å²) in [6, 6.07) is 8.31. The molecule has 1 saturated heterocycles. The normalized spacial score (nSPS) is 17.4. The maximum atomic E-state index is 14.1. The first-order chi connectivity index (χ1) is 15.9. The number of H-pyrrole nitrogens is 1. The van der Waals surface area contributed by atoms with E-state index in [0.717, 1.165) is 49.8 Å². The van der Waals surface area contributed by atoms with Crippen LogP contribution in [0.25, 0.3) is 11.0 Å². The van der Waals surface area contributed by atoms with Crippen molar-refractivity contribution < 1.29 is 27.8 Å². The van der Waals surface area contributed by atoms with Crippen LogP contribution < -0.4 is 0 Å². The number of pyridine rings is 1. The molecule has 1 aliphatic rings.